The number of fused-ring (bicyclic) bond motifs is 1. The van der Waals surface area contributed by atoms with Crippen LogP contribution in [0.1, 0.15) is 36.7 Å². The zero-order chi connectivity index (χ0) is 18.4. The zero-order valence-electron chi connectivity index (χ0n) is 13.9. The molecule has 0 radical (unpaired) electrons. The summed E-state index contributed by atoms with van der Waals surface area (Å²) < 4.78 is 14.8. The van der Waals surface area contributed by atoms with E-state index in [4.69, 9.17) is 0 Å². The maximum absolute atomic E-state index is 14.3. The summed E-state index contributed by atoms with van der Waals surface area (Å²) in [5, 5.41) is 14.2. The number of aromatic nitrogens is 1. The highest BCUT2D eigenvalue weighted by Crippen LogP contribution is 2.34. The van der Waals surface area contributed by atoms with Crippen molar-refractivity contribution in [1.29, 1.82) is 0 Å². The monoisotopic (exact) mass is 360 g/mol. The largest absolute Gasteiger partial charge is 0.508 e. The Bertz CT molecular complexity index is 1030. The van der Waals surface area contributed by atoms with Crippen LogP contribution in [0.25, 0.3) is 10.2 Å². The molecule has 130 valence electrons. The van der Waals surface area contributed by atoms with Gasteiger partial charge in [0.2, 0.25) is 5.43 Å². The van der Waals surface area contributed by atoms with Gasteiger partial charge in [0.05, 0.1) is 15.9 Å². The predicted molar refractivity (Wildman–Crippen MR) is 97.2 cm³/mol. The predicted octanol–water partition coefficient (Wildman–Crippen LogP) is 3.98. The summed E-state index contributed by atoms with van der Waals surface area (Å²) in [7, 11) is 0. The van der Waals surface area contributed by atoms with Crippen molar-refractivity contribution in [1.82, 2.24) is 4.98 Å². The number of halogens is 1. The number of amides is 1. The van der Waals surface area contributed by atoms with Crippen LogP contribution < -0.4 is 10.7 Å². The maximum atomic E-state index is 14.3. The van der Waals surface area contributed by atoms with E-state index in [0.29, 0.717) is 15.8 Å². The molecule has 1 amide bonds. The molecule has 25 heavy (non-hydrogen) atoms. The van der Waals surface area contributed by atoms with Crippen LogP contribution in [0.15, 0.2) is 34.6 Å². The summed E-state index contributed by atoms with van der Waals surface area (Å²) in [4.78, 5) is 27.6. The molecule has 3 rings (SSSR count). The lowest BCUT2D eigenvalue weighted by Gasteiger charge is -2.21. The molecule has 3 N–H and O–H groups in total. The Morgan fingerprint density at radius 2 is 2.04 bits per heavy atom. The molecule has 1 aromatic carbocycles. The van der Waals surface area contributed by atoms with Crippen molar-refractivity contribution in [3.8, 4) is 5.75 Å². The van der Waals surface area contributed by atoms with Crippen LogP contribution in [0.4, 0.5) is 10.1 Å². The molecule has 0 bridgehead atoms. The van der Waals surface area contributed by atoms with Gasteiger partial charge in [0, 0.05) is 17.8 Å². The van der Waals surface area contributed by atoms with E-state index in [1.54, 1.807) is 11.4 Å². The minimum Gasteiger partial charge on any atom is -0.508 e. The van der Waals surface area contributed by atoms with Gasteiger partial charge in [-0.1, -0.05) is 20.8 Å². The number of rotatable bonds is 2. The second kappa shape index (κ2) is 6.00. The number of hydrogen-bond donors (Lipinski definition) is 3. The number of H-pyrrole nitrogens is 1. The molecule has 0 saturated heterocycles. The lowest BCUT2D eigenvalue weighted by Crippen LogP contribution is -2.22. The maximum Gasteiger partial charge on any atom is 0.261 e. The van der Waals surface area contributed by atoms with E-state index in [-0.39, 0.29) is 17.0 Å². The lowest BCUT2D eigenvalue weighted by molar-refractivity contribution is 0.102. The molecule has 0 spiro atoms. The highest BCUT2D eigenvalue weighted by molar-refractivity contribution is 7.17. The van der Waals surface area contributed by atoms with E-state index in [0.717, 1.165) is 6.07 Å². The van der Waals surface area contributed by atoms with Gasteiger partial charge in [-0.05, 0) is 22.9 Å². The standard InChI is InChI=1S/C18H17FN2O3S/c1-18(2,3)10-6-11(19)13(7-14(10)22)21-17(24)9-8-20-12-4-5-25-16(12)15(9)23/h4-8,22H,1-3H3,(H,20,23)(H,21,24). The number of carbonyl (C=O) groups excluding carboxylic acids is 1. The van der Waals surface area contributed by atoms with Crippen molar-refractivity contribution in [2.75, 3.05) is 5.32 Å². The van der Waals surface area contributed by atoms with Crippen LogP contribution >= 0.6 is 11.3 Å². The number of phenolic OH excluding ortho intramolecular Hbond substituents is 1. The Morgan fingerprint density at radius 1 is 1.32 bits per heavy atom. The van der Waals surface area contributed by atoms with Gasteiger partial charge >= 0.3 is 0 Å². The summed E-state index contributed by atoms with van der Waals surface area (Å²) >= 11 is 1.22. The number of hydrogen-bond acceptors (Lipinski definition) is 4. The van der Waals surface area contributed by atoms with Crippen molar-refractivity contribution in [2.45, 2.75) is 26.2 Å². The minimum absolute atomic E-state index is 0.117. The molecule has 5 nitrogen and oxygen atoms in total. The van der Waals surface area contributed by atoms with Crippen LogP contribution in [0.2, 0.25) is 0 Å². The number of pyridine rings is 1. The van der Waals surface area contributed by atoms with Gasteiger partial charge in [0.1, 0.15) is 17.1 Å². The van der Waals surface area contributed by atoms with Crippen LogP contribution in [-0.2, 0) is 5.41 Å². The second-order valence-electron chi connectivity index (χ2n) is 6.75. The number of anilines is 1. The Morgan fingerprint density at radius 3 is 2.72 bits per heavy atom. The Balaban J connectivity index is 1.96. The van der Waals surface area contributed by atoms with Crippen molar-refractivity contribution < 1.29 is 14.3 Å². The fourth-order valence-corrected chi connectivity index (χ4v) is 3.36. The number of thiophene rings is 1. The molecule has 0 unspecified atom stereocenters. The fourth-order valence-electron chi connectivity index (χ4n) is 2.55. The number of nitrogens with one attached hydrogen (secondary N) is 2. The summed E-state index contributed by atoms with van der Waals surface area (Å²) in [5.74, 6) is -1.53. The van der Waals surface area contributed by atoms with Gasteiger partial charge in [-0.2, -0.15) is 0 Å². The topological polar surface area (TPSA) is 82.2 Å². The number of phenols is 1. The van der Waals surface area contributed by atoms with Gasteiger partial charge in [-0.3, -0.25) is 9.59 Å². The van der Waals surface area contributed by atoms with Crippen LogP contribution in [0.3, 0.4) is 0 Å². The van der Waals surface area contributed by atoms with Gasteiger partial charge in [0.25, 0.3) is 5.91 Å². The summed E-state index contributed by atoms with van der Waals surface area (Å²) in [6.45, 7) is 5.53. The first-order chi connectivity index (χ1) is 11.7. The summed E-state index contributed by atoms with van der Waals surface area (Å²) in [6.07, 6.45) is 1.30. The molecule has 0 aliphatic heterocycles. The van der Waals surface area contributed by atoms with E-state index in [1.807, 2.05) is 20.8 Å². The quantitative estimate of drug-likeness (QED) is 0.646. The van der Waals surface area contributed by atoms with E-state index < -0.39 is 22.6 Å². The molecule has 2 aromatic heterocycles. The fraction of sp³-hybridized carbons (Fsp3) is 0.222. The molecule has 0 fully saturated rings. The molecule has 0 saturated carbocycles. The van der Waals surface area contributed by atoms with E-state index >= 15 is 0 Å². The van der Waals surface area contributed by atoms with E-state index in [9.17, 15) is 19.1 Å². The minimum atomic E-state index is -0.738. The third-order valence-electron chi connectivity index (χ3n) is 3.87. The first-order valence-electron chi connectivity index (χ1n) is 7.61. The average molecular weight is 360 g/mol. The third-order valence-corrected chi connectivity index (χ3v) is 4.79. The van der Waals surface area contributed by atoms with Crippen LogP contribution in [-0.4, -0.2) is 16.0 Å². The highest BCUT2D eigenvalue weighted by atomic mass is 32.1. The molecule has 3 aromatic rings. The normalized spacial score (nSPS) is 11.7. The molecule has 2 heterocycles. The van der Waals surface area contributed by atoms with Crippen molar-refractivity contribution in [3.05, 3.63) is 56.9 Å². The van der Waals surface area contributed by atoms with Crippen molar-refractivity contribution in [2.24, 2.45) is 0 Å². The second-order valence-corrected chi connectivity index (χ2v) is 7.66. The highest BCUT2D eigenvalue weighted by Gasteiger charge is 2.22. The molecule has 7 heteroatoms. The first-order valence-corrected chi connectivity index (χ1v) is 8.49. The van der Waals surface area contributed by atoms with Crippen LogP contribution in [0.5, 0.6) is 5.75 Å². The molecule has 0 atom stereocenters. The van der Waals surface area contributed by atoms with Gasteiger partial charge in [-0.25, -0.2) is 4.39 Å². The number of benzene rings is 1. The van der Waals surface area contributed by atoms with Crippen LogP contribution in [0, 0.1) is 5.82 Å². The molecule has 0 aliphatic rings. The van der Waals surface area contributed by atoms with Crippen molar-refractivity contribution >= 4 is 33.1 Å². The average Bonchev–Trinajstić information content (AvgIpc) is 2.99. The number of aromatic amines is 1. The number of aromatic hydroxyl groups is 1. The van der Waals surface area contributed by atoms with Gasteiger partial charge < -0.3 is 15.4 Å². The molecular formula is C18H17FN2O3S. The zero-order valence-corrected chi connectivity index (χ0v) is 14.8. The summed E-state index contributed by atoms with van der Waals surface area (Å²) in [6, 6.07) is 4.09. The van der Waals surface area contributed by atoms with Crippen molar-refractivity contribution in [3.63, 3.8) is 0 Å². The molecular weight excluding hydrogens is 343 g/mol. The van der Waals surface area contributed by atoms with E-state index in [1.165, 1.54) is 23.6 Å². The first kappa shape index (κ1) is 17.2. The Labute approximate surface area is 147 Å². The van der Waals surface area contributed by atoms with E-state index in [2.05, 4.69) is 10.3 Å². The van der Waals surface area contributed by atoms with Gasteiger partial charge in [0.15, 0.2) is 0 Å². The number of carbonyl (C=O) groups is 1. The Hall–Kier alpha value is -2.67. The Kier molecular flexibility index (Phi) is 4.12. The SMILES string of the molecule is CC(C)(C)c1cc(F)c(NC(=O)c2c[nH]c3ccsc3c2=O)cc1O. The molecule has 0 aliphatic carbocycles. The third kappa shape index (κ3) is 3.15. The summed E-state index contributed by atoms with van der Waals surface area (Å²) in [5.41, 5.74) is -0.0905. The lowest BCUT2D eigenvalue weighted by atomic mass is 9.86. The smallest absolute Gasteiger partial charge is 0.261 e. The van der Waals surface area contributed by atoms with Gasteiger partial charge in [-0.15, -0.1) is 11.3 Å².